The Morgan fingerprint density at radius 3 is 2.95 bits per heavy atom. The number of carboxylic acid groups (broad SMARTS) is 1. The van der Waals surface area contributed by atoms with E-state index >= 15 is 0 Å². The SMILES string of the molecule is COC(=O)c1cccnc1NCCn1cc(C(=O)O)nn1. The number of hydrogen-bond donors (Lipinski definition) is 2. The first kappa shape index (κ1) is 14.4. The zero-order chi connectivity index (χ0) is 15.2. The van der Waals surface area contributed by atoms with Gasteiger partial charge in [-0.25, -0.2) is 19.3 Å². The van der Waals surface area contributed by atoms with Crippen molar-refractivity contribution in [3.63, 3.8) is 0 Å². The number of anilines is 1. The van der Waals surface area contributed by atoms with Gasteiger partial charge in [-0.1, -0.05) is 5.21 Å². The molecule has 9 heteroatoms. The van der Waals surface area contributed by atoms with Crippen LogP contribution in [0.4, 0.5) is 5.82 Å². The van der Waals surface area contributed by atoms with Crippen molar-refractivity contribution >= 4 is 17.8 Å². The van der Waals surface area contributed by atoms with Crippen molar-refractivity contribution in [2.45, 2.75) is 6.54 Å². The van der Waals surface area contributed by atoms with Crippen molar-refractivity contribution < 1.29 is 19.4 Å². The standard InChI is InChI=1S/C12H13N5O4/c1-21-12(20)8-3-2-4-13-10(8)14-5-6-17-7-9(11(18)19)15-16-17/h2-4,7H,5-6H2,1H3,(H,13,14)(H,18,19). The molecule has 0 spiro atoms. The van der Waals surface area contributed by atoms with Gasteiger partial charge in [0, 0.05) is 12.7 Å². The molecule has 9 nitrogen and oxygen atoms in total. The second-order valence-electron chi connectivity index (χ2n) is 3.99. The van der Waals surface area contributed by atoms with Crippen LogP contribution in [0.2, 0.25) is 0 Å². The van der Waals surface area contributed by atoms with Gasteiger partial charge in [-0.3, -0.25) is 0 Å². The zero-order valence-corrected chi connectivity index (χ0v) is 11.2. The Labute approximate surface area is 119 Å². The van der Waals surface area contributed by atoms with Crippen molar-refractivity contribution in [2.75, 3.05) is 19.0 Å². The summed E-state index contributed by atoms with van der Waals surface area (Å²) in [5.41, 5.74) is 0.202. The minimum Gasteiger partial charge on any atom is -0.476 e. The van der Waals surface area contributed by atoms with Crippen LogP contribution in [0.15, 0.2) is 24.5 Å². The predicted molar refractivity (Wildman–Crippen MR) is 71.0 cm³/mol. The molecule has 0 saturated heterocycles. The molecule has 0 atom stereocenters. The highest BCUT2D eigenvalue weighted by Gasteiger charge is 2.12. The first-order valence-corrected chi connectivity index (χ1v) is 6.02. The summed E-state index contributed by atoms with van der Waals surface area (Å²) in [4.78, 5) is 26.3. The molecule has 0 unspecified atom stereocenters. The monoisotopic (exact) mass is 291 g/mol. The van der Waals surface area contributed by atoms with Gasteiger partial charge in [0.15, 0.2) is 5.69 Å². The number of carboxylic acids is 1. The van der Waals surface area contributed by atoms with Gasteiger partial charge in [0.25, 0.3) is 0 Å². The first-order chi connectivity index (χ1) is 10.1. The van der Waals surface area contributed by atoms with Crippen molar-refractivity contribution in [2.24, 2.45) is 0 Å². The van der Waals surface area contributed by atoms with Gasteiger partial charge in [-0.2, -0.15) is 0 Å². The van der Waals surface area contributed by atoms with Crippen LogP contribution in [0.1, 0.15) is 20.8 Å². The number of pyridine rings is 1. The van der Waals surface area contributed by atoms with E-state index in [9.17, 15) is 9.59 Å². The number of rotatable bonds is 6. The highest BCUT2D eigenvalue weighted by atomic mass is 16.5. The summed E-state index contributed by atoms with van der Waals surface area (Å²) >= 11 is 0. The molecule has 2 heterocycles. The molecule has 21 heavy (non-hydrogen) atoms. The third-order valence-electron chi connectivity index (χ3n) is 2.60. The number of methoxy groups -OCH3 is 1. The summed E-state index contributed by atoms with van der Waals surface area (Å²) in [5, 5.41) is 18.9. The molecule has 2 N–H and O–H groups in total. The summed E-state index contributed by atoms with van der Waals surface area (Å²) in [7, 11) is 1.29. The highest BCUT2D eigenvalue weighted by molar-refractivity contribution is 5.94. The second kappa shape index (κ2) is 6.46. The Kier molecular flexibility index (Phi) is 4.44. The summed E-state index contributed by atoms with van der Waals surface area (Å²) < 4.78 is 6.05. The quantitative estimate of drug-likeness (QED) is 0.728. The Morgan fingerprint density at radius 1 is 1.48 bits per heavy atom. The molecule has 0 saturated carbocycles. The maximum atomic E-state index is 11.6. The normalized spacial score (nSPS) is 10.1. The number of nitrogens with zero attached hydrogens (tertiary/aromatic N) is 4. The zero-order valence-electron chi connectivity index (χ0n) is 11.2. The fourth-order valence-electron chi connectivity index (χ4n) is 1.62. The van der Waals surface area contributed by atoms with Crippen molar-refractivity contribution in [3.05, 3.63) is 35.8 Å². The van der Waals surface area contributed by atoms with Gasteiger partial charge < -0.3 is 15.2 Å². The lowest BCUT2D eigenvalue weighted by Gasteiger charge is -2.09. The predicted octanol–water partition coefficient (Wildman–Crippen LogP) is 0.270. The van der Waals surface area contributed by atoms with Gasteiger partial charge in [0.1, 0.15) is 11.4 Å². The molecule has 110 valence electrons. The molecule has 0 aliphatic rings. The molecule has 2 rings (SSSR count). The van der Waals surface area contributed by atoms with E-state index in [1.54, 1.807) is 18.3 Å². The Bertz CT molecular complexity index is 655. The lowest BCUT2D eigenvalue weighted by atomic mass is 10.2. The fraction of sp³-hybridized carbons (Fsp3) is 0.250. The summed E-state index contributed by atoms with van der Waals surface area (Å²) in [6.07, 6.45) is 2.87. The van der Waals surface area contributed by atoms with E-state index in [0.29, 0.717) is 24.5 Å². The van der Waals surface area contributed by atoms with Crippen LogP contribution in [-0.4, -0.2) is 50.7 Å². The van der Waals surface area contributed by atoms with Crippen molar-refractivity contribution in [1.82, 2.24) is 20.0 Å². The highest BCUT2D eigenvalue weighted by Crippen LogP contribution is 2.12. The van der Waals surface area contributed by atoms with Crippen LogP contribution in [0.5, 0.6) is 0 Å². The smallest absolute Gasteiger partial charge is 0.358 e. The van der Waals surface area contributed by atoms with E-state index < -0.39 is 11.9 Å². The molecular formula is C12H13N5O4. The average molecular weight is 291 g/mol. The molecule has 2 aromatic rings. The summed E-state index contributed by atoms with van der Waals surface area (Å²) in [6.45, 7) is 0.765. The summed E-state index contributed by atoms with van der Waals surface area (Å²) in [5.74, 6) is -1.23. The average Bonchev–Trinajstić information content (AvgIpc) is 2.96. The third kappa shape index (κ3) is 3.53. The maximum absolute atomic E-state index is 11.6. The van der Waals surface area contributed by atoms with Crippen molar-refractivity contribution in [3.8, 4) is 0 Å². The number of ether oxygens (including phenoxy) is 1. The minimum absolute atomic E-state index is 0.122. The lowest BCUT2D eigenvalue weighted by Crippen LogP contribution is -2.15. The van der Waals surface area contributed by atoms with E-state index in [1.807, 2.05) is 0 Å². The van der Waals surface area contributed by atoms with Crippen LogP contribution >= 0.6 is 0 Å². The molecule has 2 aromatic heterocycles. The first-order valence-electron chi connectivity index (χ1n) is 6.02. The largest absolute Gasteiger partial charge is 0.476 e. The van der Waals surface area contributed by atoms with E-state index in [4.69, 9.17) is 5.11 Å². The molecule has 0 aliphatic heterocycles. The number of aromatic nitrogens is 4. The molecule has 0 bridgehead atoms. The fourth-order valence-corrected chi connectivity index (χ4v) is 1.62. The van der Waals surface area contributed by atoms with Gasteiger partial charge in [0.05, 0.1) is 19.9 Å². The molecule has 0 fully saturated rings. The van der Waals surface area contributed by atoms with Crippen LogP contribution in [0.25, 0.3) is 0 Å². The molecule has 0 amide bonds. The Balaban J connectivity index is 1.97. The van der Waals surface area contributed by atoms with Crippen LogP contribution in [0.3, 0.4) is 0 Å². The van der Waals surface area contributed by atoms with E-state index in [2.05, 4.69) is 25.3 Å². The molecule has 0 radical (unpaired) electrons. The Hall–Kier alpha value is -2.97. The summed E-state index contributed by atoms with van der Waals surface area (Å²) in [6, 6.07) is 3.23. The second-order valence-corrected chi connectivity index (χ2v) is 3.99. The van der Waals surface area contributed by atoms with Crippen molar-refractivity contribution in [1.29, 1.82) is 0 Å². The maximum Gasteiger partial charge on any atom is 0.358 e. The topological polar surface area (TPSA) is 119 Å². The Morgan fingerprint density at radius 2 is 2.29 bits per heavy atom. The van der Waals surface area contributed by atoms with E-state index in [0.717, 1.165) is 0 Å². The van der Waals surface area contributed by atoms with Gasteiger partial charge in [-0.15, -0.1) is 5.10 Å². The van der Waals surface area contributed by atoms with Gasteiger partial charge in [0.2, 0.25) is 0 Å². The number of hydrogen-bond acceptors (Lipinski definition) is 7. The molecular weight excluding hydrogens is 278 g/mol. The van der Waals surface area contributed by atoms with Crippen LogP contribution in [0, 0.1) is 0 Å². The van der Waals surface area contributed by atoms with Crippen LogP contribution in [-0.2, 0) is 11.3 Å². The van der Waals surface area contributed by atoms with Gasteiger partial charge in [-0.05, 0) is 12.1 Å². The lowest BCUT2D eigenvalue weighted by molar-refractivity contribution is 0.0600. The minimum atomic E-state index is -1.13. The van der Waals surface area contributed by atoms with Crippen LogP contribution < -0.4 is 5.32 Å². The third-order valence-corrected chi connectivity index (χ3v) is 2.60. The van der Waals surface area contributed by atoms with E-state index in [1.165, 1.54) is 18.0 Å². The number of carbonyl (C=O) groups excluding carboxylic acids is 1. The number of nitrogens with one attached hydrogen (secondary N) is 1. The van der Waals surface area contributed by atoms with E-state index in [-0.39, 0.29) is 5.69 Å². The molecule has 0 aromatic carbocycles. The number of aromatic carboxylic acids is 1. The van der Waals surface area contributed by atoms with Gasteiger partial charge >= 0.3 is 11.9 Å². The number of esters is 1. The molecule has 0 aliphatic carbocycles. The number of carbonyl (C=O) groups is 2.